The van der Waals surface area contributed by atoms with Crippen LogP contribution in [0.2, 0.25) is 0 Å². The SMILES string of the molecule is CCCCCCCC(=O)NN=C(CC)CC. The molecule has 0 aromatic heterocycles. The van der Waals surface area contributed by atoms with Gasteiger partial charge in [0.15, 0.2) is 0 Å². The Morgan fingerprint density at radius 2 is 1.62 bits per heavy atom. The molecule has 16 heavy (non-hydrogen) atoms. The van der Waals surface area contributed by atoms with E-state index in [4.69, 9.17) is 0 Å². The third-order valence-electron chi connectivity index (χ3n) is 2.66. The van der Waals surface area contributed by atoms with Crippen molar-refractivity contribution in [2.75, 3.05) is 0 Å². The molecule has 0 atom stereocenters. The summed E-state index contributed by atoms with van der Waals surface area (Å²) in [6.07, 6.45) is 8.31. The second-order valence-corrected chi connectivity index (χ2v) is 4.08. The average molecular weight is 226 g/mol. The predicted octanol–water partition coefficient (Wildman–Crippen LogP) is 3.64. The van der Waals surface area contributed by atoms with Crippen LogP contribution in [0.25, 0.3) is 0 Å². The highest BCUT2D eigenvalue weighted by molar-refractivity contribution is 5.85. The molecule has 0 fully saturated rings. The number of nitrogens with one attached hydrogen (secondary N) is 1. The second kappa shape index (κ2) is 10.7. The molecule has 0 aromatic rings. The summed E-state index contributed by atoms with van der Waals surface area (Å²) >= 11 is 0. The van der Waals surface area contributed by atoms with E-state index in [1.54, 1.807) is 0 Å². The van der Waals surface area contributed by atoms with Gasteiger partial charge in [0, 0.05) is 12.1 Å². The topological polar surface area (TPSA) is 41.5 Å². The maximum absolute atomic E-state index is 11.4. The van der Waals surface area contributed by atoms with Crippen molar-refractivity contribution in [3.05, 3.63) is 0 Å². The summed E-state index contributed by atoms with van der Waals surface area (Å²) in [4.78, 5) is 11.4. The molecule has 0 spiro atoms. The number of hydrogen-bond acceptors (Lipinski definition) is 2. The summed E-state index contributed by atoms with van der Waals surface area (Å²) in [7, 11) is 0. The molecule has 1 amide bonds. The summed E-state index contributed by atoms with van der Waals surface area (Å²) < 4.78 is 0. The Balaban J connectivity index is 3.55. The lowest BCUT2D eigenvalue weighted by Gasteiger charge is -2.02. The van der Waals surface area contributed by atoms with E-state index in [9.17, 15) is 4.79 Å². The molecule has 0 saturated heterocycles. The van der Waals surface area contributed by atoms with Crippen molar-refractivity contribution < 1.29 is 4.79 Å². The van der Waals surface area contributed by atoms with E-state index in [0.29, 0.717) is 6.42 Å². The summed E-state index contributed by atoms with van der Waals surface area (Å²) in [6, 6.07) is 0. The minimum Gasteiger partial charge on any atom is -0.273 e. The van der Waals surface area contributed by atoms with Crippen molar-refractivity contribution in [3.63, 3.8) is 0 Å². The molecule has 0 saturated carbocycles. The van der Waals surface area contributed by atoms with Gasteiger partial charge in [0.1, 0.15) is 0 Å². The van der Waals surface area contributed by atoms with Crippen LogP contribution in [0.1, 0.15) is 72.1 Å². The van der Waals surface area contributed by atoms with E-state index in [0.717, 1.165) is 31.4 Å². The van der Waals surface area contributed by atoms with E-state index in [1.807, 2.05) is 0 Å². The fraction of sp³-hybridized carbons (Fsp3) is 0.846. The van der Waals surface area contributed by atoms with Gasteiger partial charge in [-0.1, -0.05) is 46.5 Å². The van der Waals surface area contributed by atoms with Crippen LogP contribution in [0.15, 0.2) is 5.10 Å². The molecule has 0 aromatic carbocycles. The molecule has 1 N–H and O–H groups in total. The van der Waals surface area contributed by atoms with Crippen LogP contribution in [0.4, 0.5) is 0 Å². The molecule has 0 aliphatic carbocycles. The number of nitrogens with zero attached hydrogens (tertiary/aromatic N) is 1. The van der Waals surface area contributed by atoms with E-state index >= 15 is 0 Å². The van der Waals surface area contributed by atoms with Gasteiger partial charge in [-0.3, -0.25) is 4.79 Å². The lowest BCUT2D eigenvalue weighted by atomic mass is 10.1. The number of amides is 1. The maximum Gasteiger partial charge on any atom is 0.240 e. The van der Waals surface area contributed by atoms with Crippen molar-refractivity contribution >= 4 is 11.6 Å². The first kappa shape index (κ1) is 15.1. The van der Waals surface area contributed by atoms with Crippen molar-refractivity contribution in [2.45, 2.75) is 72.1 Å². The highest BCUT2D eigenvalue weighted by atomic mass is 16.2. The summed E-state index contributed by atoms with van der Waals surface area (Å²) in [5, 5.41) is 4.09. The number of unbranched alkanes of at least 4 members (excludes halogenated alkanes) is 4. The van der Waals surface area contributed by atoms with Gasteiger partial charge < -0.3 is 0 Å². The van der Waals surface area contributed by atoms with E-state index in [2.05, 4.69) is 31.3 Å². The van der Waals surface area contributed by atoms with E-state index in [-0.39, 0.29) is 5.91 Å². The van der Waals surface area contributed by atoms with Crippen LogP contribution >= 0.6 is 0 Å². The molecular weight excluding hydrogens is 200 g/mol. The second-order valence-electron chi connectivity index (χ2n) is 4.08. The zero-order valence-corrected chi connectivity index (χ0v) is 11.0. The minimum atomic E-state index is 0.0518. The van der Waals surface area contributed by atoms with E-state index < -0.39 is 0 Å². The molecule has 0 heterocycles. The summed E-state index contributed by atoms with van der Waals surface area (Å²) in [6.45, 7) is 6.30. The van der Waals surface area contributed by atoms with Gasteiger partial charge in [-0.25, -0.2) is 5.43 Å². The van der Waals surface area contributed by atoms with Crippen LogP contribution < -0.4 is 5.43 Å². The monoisotopic (exact) mass is 226 g/mol. The van der Waals surface area contributed by atoms with Gasteiger partial charge in [-0.05, 0) is 19.3 Å². The number of hydrazone groups is 1. The van der Waals surface area contributed by atoms with Gasteiger partial charge in [-0.15, -0.1) is 0 Å². The smallest absolute Gasteiger partial charge is 0.240 e. The Labute approximate surface area is 99.7 Å². The minimum absolute atomic E-state index is 0.0518. The fourth-order valence-corrected chi connectivity index (χ4v) is 1.49. The van der Waals surface area contributed by atoms with Crippen LogP contribution in [0.3, 0.4) is 0 Å². The molecular formula is C13H26N2O. The summed E-state index contributed by atoms with van der Waals surface area (Å²) in [5.74, 6) is 0.0518. The van der Waals surface area contributed by atoms with Gasteiger partial charge in [0.05, 0.1) is 0 Å². The molecule has 0 bridgehead atoms. The number of rotatable bonds is 9. The molecule has 0 unspecified atom stereocenters. The highest BCUT2D eigenvalue weighted by Gasteiger charge is 2.00. The Kier molecular flexibility index (Phi) is 10.1. The molecule has 3 nitrogen and oxygen atoms in total. The van der Waals surface area contributed by atoms with Crippen molar-refractivity contribution in [1.82, 2.24) is 5.43 Å². The first-order chi connectivity index (χ1) is 7.74. The fourth-order valence-electron chi connectivity index (χ4n) is 1.49. The molecule has 3 heteroatoms. The number of carbonyl (C=O) groups excluding carboxylic acids is 1. The van der Waals surface area contributed by atoms with Crippen molar-refractivity contribution in [1.29, 1.82) is 0 Å². The quantitative estimate of drug-likeness (QED) is 0.364. The Morgan fingerprint density at radius 1 is 1.00 bits per heavy atom. The third-order valence-corrected chi connectivity index (χ3v) is 2.66. The first-order valence-corrected chi connectivity index (χ1v) is 6.58. The van der Waals surface area contributed by atoms with Gasteiger partial charge in [-0.2, -0.15) is 5.10 Å². The lowest BCUT2D eigenvalue weighted by Crippen LogP contribution is -2.18. The zero-order chi connectivity index (χ0) is 12.2. The molecule has 0 aliphatic heterocycles. The van der Waals surface area contributed by atoms with Crippen LogP contribution in [0.5, 0.6) is 0 Å². The maximum atomic E-state index is 11.4. The zero-order valence-electron chi connectivity index (χ0n) is 11.0. The van der Waals surface area contributed by atoms with Gasteiger partial charge in [0.25, 0.3) is 0 Å². The number of hydrogen-bond donors (Lipinski definition) is 1. The van der Waals surface area contributed by atoms with Crippen LogP contribution in [-0.2, 0) is 4.79 Å². The summed E-state index contributed by atoms with van der Waals surface area (Å²) in [5.41, 5.74) is 3.68. The largest absolute Gasteiger partial charge is 0.273 e. The molecule has 0 rings (SSSR count). The molecule has 0 aliphatic rings. The van der Waals surface area contributed by atoms with E-state index in [1.165, 1.54) is 19.3 Å². The van der Waals surface area contributed by atoms with Crippen molar-refractivity contribution in [2.24, 2.45) is 5.10 Å². The Hall–Kier alpha value is -0.860. The average Bonchev–Trinajstić information content (AvgIpc) is 2.30. The molecule has 94 valence electrons. The lowest BCUT2D eigenvalue weighted by molar-refractivity contribution is -0.121. The normalized spacial score (nSPS) is 9.94. The number of carbonyl (C=O) groups is 1. The predicted molar refractivity (Wildman–Crippen MR) is 69.5 cm³/mol. The Bertz CT molecular complexity index is 206. The first-order valence-electron chi connectivity index (χ1n) is 6.58. The van der Waals surface area contributed by atoms with Crippen LogP contribution in [0, 0.1) is 0 Å². The standard InChI is InChI=1S/C13H26N2O/c1-4-7-8-9-10-11-13(16)15-14-12(5-2)6-3/h4-11H2,1-3H3,(H,15,16). The van der Waals surface area contributed by atoms with Crippen LogP contribution in [-0.4, -0.2) is 11.6 Å². The Morgan fingerprint density at radius 3 is 2.19 bits per heavy atom. The third kappa shape index (κ3) is 8.45. The molecule has 0 radical (unpaired) electrons. The highest BCUT2D eigenvalue weighted by Crippen LogP contribution is 2.04. The van der Waals surface area contributed by atoms with Gasteiger partial charge in [0.2, 0.25) is 5.91 Å². The van der Waals surface area contributed by atoms with Crippen molar-refractivity contribution in [3.8, 4) is 0 Å². The van der Waals surface area contributed by atoms with Gasteiger partial charge >= 0.3 is 0 Å².